The lowest BCUT2D eigenvalue weighted by atomic mass is 10.0. The number of hydrogen-bond acceptors (Lipinski definition) is 6. The summed E-state index contributed by atoms with van der Waals surface area (Å²) in [6.45, 7) is 9.35. The van der Waals surface area contributed by atoms with Crippen LogP contribution in [0, 0.1) is 18.3 Å². The number of amides is 2. The topological polar surface area (TPSA) is 110 Å². The van der Waals surface area contributed by atoms with Crippen molar-refractivity contribution in [1.82, 2.24) is 30.0 Å². The smallest absolute Gasteiger partial charge is 0.245 e. The Kier molecular flexibility index (Phi) is 5.88. The molecule has 3 aliphatic rings. The van der Waals surface area contributed by atoms with Gasteiger partial charge in [0.15, 0.2) is 5.78 Å². The molecule has 2 saturated carbocycles. The molecule has 1 aromatic carbocycles. The van der Waals surface area contributed by atoms with E-state index in [0.717, 1.165) is 24.0 Å². The van der Waals surface area contributed by atoms with E-state index in [1.54, 1.807) is 22.0 Å². The molecule has 1 aliphatic heterocycles. The molecule has 2 aromatic heterocycles. The first kappa shape index (κ1) is 25.9. The number of likely N-dealkylation sites (tertiary alicyclic amines) is 1. The first-order valence-corrected chi connectivity index (χ1v) is 13.9. The van der Waals surface area contributed by atoms with Gasteiger partial charge in [0.25, 0.3) is 0 Å². The molecule has 3 heterocycles. The summed E-state index contributed by atoms with van der Waals surface area (Å²) >= 11 is 6.43. The average molecular weight is 549 g/mol. The van der Waals surface area contributed by atoms with E-state index in [1.807, 2.05) is 39.0 Å². The van der Waals surface area contributed by atoms with Gasteiger partial charge in [-0.2, -0.15) is 5.10 Å². The van der Waals surface area contributed by atoms with Gasteiger partial charge in [-0.1, -0.05) is 13.0 Å². The van der Waals surface area contributed by atoms with Crippen LogP contribution in [0.3, 0.4) is 0 Å². The number of Topliss-reactive ketones (excluding diaryl/α,β-unsaturated/α-hetero) is 1. The minimum atomic E-state index is -0.522. The highest BCUT2D eigenvalue weighted by Gasteiger charge is 2.64. The van der Waals surface area contributed by atoms with Crippen molar-refractivity contribution in [2.45, 2.75) is 83.4 Å². The first-order valence-electron chi connectivity index (χ1n) is 13.5. The van der Waals surface area contributed by atoms with Crippen LogP contribution >= 0.6 is 11.6 Å². The zero-order chi connectivity index (χ0) is 27.9. The molecule has 3 aromatic rings. The molecule has 1 N–H and O–H groups in total. The Morgan fingerprint density at radius 2 is 1.82 bits per heavy atom. The molecule has 0 radical (unpaired) electrons. The van der Waals surface area contributed by atoms with E-state index in [2.05, 4.69) is 27.3 Å². The van der Waals surface area contributed by atoms with Crippen molar-refractivity contribution in [2.24, 2.45) is 11.3 Å². The fourth-order valence-corrected chi connectivity index (χ4v) is 6.70. The average Bonchev–Trinajstić information content (AvgIpc) is 3.63. The standard InChI is InChI=1S/C29H33ClN6O3/c1-15(21-9-29(21,5)30)33-27(39)23-10-28(4)11-24(28)36(23)25(38)14-35-22-7-6-18(19-12-31-17(3)32-13-19)8-20(22)26(34-35)16(2)37/h6-8,12-13,15,21,23-24H,9-11,14H2,1-5H3,(H,33,39)/t15-,21-,23+,24-,28+,29?/m1/s1. The van der Waals surface area contributed by atoms with Crippen molar-refractivity contribution >= 4 is 40.1 Å². The van der Waals surface area contributed by atoms with E-state index < -0.39 is 6.04 Å². The number of benzene rings is 1. The van der Waals surface area contributed by atoms with E-state index in [-0.39, 0.29) is 52.4 Å². The Morgan fingerprint density at radius 1 is 1.13 bits per heavy atom. The number of ketones is 1. The van der Waals surface area contributed by atoms with Crippen LogP contribution < -0.4 is 5.32 Å². The fourth-order valence-electron chi connectivity index (χ4n) is 6.34. The number of rotatable bonds is 7. The summed E-state index contributed by atoms with van der Waals surface area (Å²) in [6, 6.07) is 5.14. The van der Waals surface area contributed by atoms with Crippen LogP contribution in [-0.2, 0) is 16.1 Å². The lowest BCUT2D eigenvalue weighted by molar-refractivity contribution is -0.140. The maximum absolute atomic E-state index is 13.7. The predicted octanol–water partition coefficient (Wildman–Crippen LogP) is 3.91. The van der Waals surface area contributed by atoms with Crippen molar-refractivity contribution in [3.05, 3.63) is 42.1 Å². The second-order valence-electron chi connectivity index (χ2n) is 12.1. The van der Waals surface area contributed by atoms with E-state index in [4.69, 9.17) is 11.6 Å². The number of fused-ring (bicyclic) bond motifs is 2. The molecule has 1 unspecified atom stereocenters. The summed E-state index contributed by atoms with van der Waals surface area (Å²) in [6.07, 6.45) is 5.89. The molecule has 10 heteroatoms. The second kappa shape index (κ2) is 8.84. The maximum atomic E-state index is 13.7. The third-order valence-electron chi connectivity index (χ3n) is 8.91. The van der Waals surface area contributed by atoms with Gasteiger partial charge in [-0.05, 0) is 69.1 Å². The van der Waals surface area contributed by atoms with E-state index in [1.165, 1.54) is 6.92 Å². The van der Waals surface area contributed by atoms with Gasteiger partial charge in [0.1, 0.15) is 24.1 Å². The van der Waals surface area contributed by atoms with Gasteiger partial charge in [0.05, 0.1) is 5.52 Å². The normalized spacial score (nSPS) is 29.7. The van der Waals surface area contributed by atoms with Gasteiger partial charge in [-0.15, -0.1) is 11.6 Å². The van der Waals surface area contributed by atoms with Gasteiger partial charge in [-0.3, -0.25) is 19.1 Å². The summed E-state index contributed by atoms with van der Waals surface area (Å²) in [5, 5.41) is 8.34. The molecule has 0 spiro atoms. The highest BCUT2D eigenvalue weighted by molar-refractivity contribution is 6.26. The number of aryl methyl sites for hydroxylation is 1. The molecule has 9 nitrogen and oxygen atoms in total. The molecule has 2 amide bonds. The number of piperidine rings is 1. The second-order valence-corrected chi connectivity index (χ2v) is 13.0. The predicted molar refractivity (Wildman–Crippen MR) is 147 cm³/mol. The molecule has 1 saturated heterocycles. The number of nitrogens with zero attached hydrogens (tertiary/aromatic N) is 5. The summed E-state index contributed by atoms with van der Waals surface area (Å²) in [5.74, 6) is 0.435. The van der Waals surface area contributed by atoms with E-state index in [0.29, 0.717) is 28.8 Å². The molecule has 0 bridgehead atoms. The Balaban J connectivity index is 1.26. The van der Waals surface area contributed by atoms with Crippen LogP contribution in [0.4, 0.5) is 0 Å². The first-order chi connectivity index (χ1) is 18.4. The Bertz CT molecular complexity index is 1520. The number of carbonyl (C=O) groups excluding carboxylic acids is 3. The van der Waals surface area contributed by atoms with Crippen LogP contribution in [0.25, 0.3) is 22.0 Å². The number of carbonyl (C=O) groups is 3. The lowest BCUT2D eigenvalue weighted by Gasteiger charge is -2.28. The molecule has 6 rings (SSSR count). The molecular weight excluding hydrogens is 516 g/mol. The lowest BCUT2D eigenvalue weighted by Crippen LogP contribution is -2.51. The summed E-state index contributed by atoms with van der Waals surface area (Å²) in [5.41, 5.74) is 2.65. The van der Waals surface area contributed by atoms with Crippen LogP contribution in [0.5, 0.6) is 0 Å². The van der Waals surface area contributed by atoms with Crippen LogP contribution in [0.1, 0.15) is 63.3 Å². The SMILES string of the molecule is CC(=O)c1nn(CC(=O)N2[C@H](C(=O)N[C@H](C)[C@H]3CC3(C)Cl)C[C@@]3(C)C[C@@H]23)c2ccc(-c3cnc(C)nc3)cc12. The third-order valence-corrected chi connectivity index (χ3v) is 9.35. The Morgan fingerprint density at radius 3 is 2.46 bits per heavy atom. The summed E-state index contributed by atoms with van der Waals surface area (Å²) in [7, 11) is 0. The zero-order valence-electron chi connectivity index (χ0n) is 22.9. The van der Waals surface area contributed by atoms with Gasteiger partial charge < -0.3 is 10.2 Å². The van der Waals surface area contributed by atoms with Gasteiger partial charge >= 0.3 is 0 Å². The third kappa shape index (κ3) is 4.50. The van der Waals surface area contributed by atoms with Crippen LogP contribution in [0.2, 0.25) is 0 Å². The number of halogens is 1. The van der Waals surface area contributed by atoms with Crippen molar-refractivity contribution < 1.29 is 14.4 Å². The van der Waals surface area contributed by atoms with Gasteiger partial charge in [0.2, 0.25) is 11.8 Å². The minimum Gasteiger partial charge on any atom is -0.352 e. The van der Waals surface area contributed by atoms with Crippen LogP contribution in [-0.4, -0.2) is 65.2 Å². The molecule has 2 aliphatic carbocycles. The van der Waals surface area contributed by atoms with Crippen molar-refractivity contribution in [2.75, 3.05) is 0 Å². The minimum absolute atomic E-state index is 0.0385. The van der Waals surface area contributed by atoms with Crippen molar-refractivity contribution in [3.8, 4) is 11.1 Å². The number of aromatic nitrogens is 4. The van der Waals surface area contributed by atoms with Gasteiger partial charge in [-0.25, -0.2) is 9.97 Å². The Labute approximate surface area is 232 Å². The fraction of sp³-hybridized carbons (Fsp3) is 0.517. The van der Waals surface area contributed by atoms with E-state index in [9.17, 15) is 14.4 Å². The largest absolute Gasteiger partial charge is 0.352 e. The summed E-state index contributed by atoms with van der Waals surface area (Å²) in [4.78, 5) is 49.6. The molecule has 6 atom stereocenters. The quantitative estimate of drug-likeness (QED) is 0.354. The van der Waals surface area contributed by atoms with Gasteiger partial charge in [0, 0.05) is 47.2 Å². The zero-order valence-corrected chi connectivity index (χ0v) is 23.6. The van der Waals surface area contributed by atoms with Crippen molar-refractivity contribution in [1.29, 1.82) is 0 Å². The van der Waals surface area contributed by atoms with Crippen molar-refractivity contribution in [3.63, 3.8) is 0 Å². The molecule has 3 fully saturated rings. The molecule has 39 heavy (non-hydrogen) atoms. The Hall–Kier alpha value is -3.33. The van der Waals surface area contributed by atoms with Crippen LogP contribution in [0.15, 0.2) is 30.6 Å². The monoisotopic (exact) mass is 548 g/mol. The highest BCUT2D eigenvalue weighted by atomic mass is 35.5. The highest BCUT2D eigenvalue weighted by Crippen LogP contribution is 2.59. The maximum Gasteiger partial charge on any atom is 0.245 e. The number of hydrogen-bond donors (Lipinski definition) is 1. The molecular formula is C29H33ClN6O3. The van der Waals surface area contributed by atoms with E-state index >= 15 is 0 Å². The molecule has 204 valence electrons. The summed E-state index contributed by atoms with van der Waals surface area (Å²) < 4.78 is 1.59. The number of alkyl halides is 1. The number of nitrogens with one attached hydrogen (secondary N) is 1.